The van der Waals surface area contributed by atoms with Crippen molar-refractivity contribution in [2.45, 2.75) is 45.4 Å². The normalized spacial score (nSPS) is 16.5. The molecular formula is C17H19N3. The van der Waals surface area contributed by atoms with Crippen molar-refractivity contribution in [2.24, 2.45) is 0 Å². The van der Waals surface area contributed by atoms with Gasteiger partial charge in [-0.2, -0.15) is 5.26 Å². The van der Waals surface area contributed by atoms with E-state index in [1.807, 2.05) is 6.92 Å². The molecule has 1 aliphatic rings. The molecule has 0 radical (unpaired) electrons. The van der Waals surface area contributed by atoms with Gasteiger partial charge in [-0.15, -0.1) is 0 Å². The van der Waals surface area contributed by atoms with E-state index < -0.39 is 0 Å². The Morgan fingerprint density at radius 3 is 2.55 bits per heavy atom. The van der Waals surface area contributed by atoms with E-state index in [0.29, 0.717) is 0 Å². The third kappa shape index (κ3) is 1.84. The van der Waals surface area contributed by atoms with E-state index in [0.717, 1.165) is 42.0 Å². The van der Waals surface area contributed by atoms with Crippen LogP contribution in [0.25, 0.3) is 11.3 Å². The molecule has 0 atom stereocenters. The second-order valence-corrected chi connectivity index (χ2v) is 5.92. The largest absolute Gasteiger partial charge is 0.344 e. The van der Waals surface area contributed by atoms with Crippen molar-refractivity contribution in [1.29, 1.82) is 5.26 Å². The van der Waals surface area contributed by atoms with Crippen LogP contribution < -0.4 is 0 Å². The summed E-state index contributed by atoms with van der Waals surface area (Å²) in [5, 5.41) is 9.44. The maximum Gasteiger partial charge on any atom is 0.127 e. The SMILES string of the molecule is Cc1ccc(-c2nc(C3(C#N)CCC3)[nH]c2C)c(C)c1. The summed E-state index contributed by atoms with van der Waals surface area (Å²) in [6.07, 6.45) is 2.96. The summed E-state index contributed by atoms with van der Waals surface area (Å²) < 4.78 is 0. The van der Waals surface area contributed by atoms with Crippen molar-refractivity contribution in [3.63, 3.8) is 0 Å². The molecule has 3 rings (SSSR count). The topological polar surface area (TPSA) is 52.5 Å². The standard InChI is InChI=1S/C17H19N3/c1-11-5-6-14(12(2)9-11)15-13(3)19-16(20-15)17(10-18)7-4-8-17/h5-6,9H,4,7-8H2,1-3H3,(H,19,20). The van der Waals surface area contributed by atoms with Crippen LogP contribution in [0.1, 0.15) is 41.9 Å². The molecule has 1 heterocycles. The lowest BCUT2D eigenvalue weighted by Crippen LogP contribution is -2.33. The van der Waals surface area contributed by atoms with E-state index in [1.54, 1.807) is 0 Å². The molecule has 0 saturated heterocycles. The zero-order valence-electron chi connectivity index (χ0n) is 12.2. The molecule has 1 N–H and O–H groups in total. The number of H-pyrrole nitrogens is 1. The van der Waals surface area contributed by atoms with E-state index in [9.17, 15) is 5.26 Å². The van der Waals surface area contributed by atoms with E-state index in [-0.39, 0.29) is 5.41 Å². The van der Waals surface area contributed by atoms with Crippen molar-refractivity contribution in [3.05, 3.63) is 40.8 Å². The number of nitrogens with one attached hydrogen (secondary N) is 1. The molecule has 1 fully saturated rings. The molecule has 1 saturated carbocycles. The Labute approximate surface area is 119 Å². The molecule has 1 aromatic carbocycles. The number of hydrogen-bond acceptors (Lipinski definition) is 2. The van der Waals surface area contributed by atoms with Gasteiger partial charge in [-0.1, -0.05) is 23.8 Å². The molecule has 1 aromatic heterocycles. The zero-order chi connectivity index (χ0) is 14.3. The van der Waals surface area contributed by atoms with Crippen molar-refractivity contribution >= 4 is 0 Å². The maximum atomic E-state index is 9.44. The average molecular weight is 265 g/mol. The molecule has 0 spiro atoms. The lowest BCUT2D eigenvalue weighted by molar-refractivity contribution is 0.309. The Balaban J connectivity index is 2.08. The molecule has 102 valence electrons. The first-order valence-electron chi connectivity index (χ1n) is 7.12. The quantitative estimate of drug-likeness (QED) is 0.894. The van der Waals surface area contributed by atoms with Crippen LogP contribution in [0, 0.1) is 32.1 Å². The van der Waals surface area contributed by atoms with Gasteiger partial charge in [0, 0.05) is 11.3 Å². The first-order valence-corrected chi connectivity index (χ1v) is 7.12. The maximum absolute atomic E-state index is 9.44. The van der Waals surface area contributed by atoms with Crippen LogP contribution in [0.15, 0.2) is 18.2 Å². The molecule has 0 aliphatic heterocycles. The fraction of sp³-hybridized carbons (Fsp3) is 0.412. The number of rotatable bonds is 2. The summed E-state index contributed by atoms with van der Waals surface area (Å²) in [4.78, 5) is 8.10. The summed E-state index contributed by atoms with van der Waals surface area (Å²) in [5.41, 5.74) is 5.30. The Morgan fingerprint density at radius 1 is 1.25 bits per heavy atom. The first-order chi connectivity index (χ1) is 9.55. The molecule has 3 nitrogen and oxygen atoms in total. The highest BCUT2D eigenvalue weighted by molar-refractivity contribution is 5.66. The Bertz CT molecular complexity index is 700. The fourth-order valence-electron chi connectivity index (χ4n) is 2.96. The van der Waals surface area contributed by atoms with Gasteiger partial charge in [0.05, 0.1) is 11.8 Å². The smallest absolute Gasteiger partial charge is 0.127 e. The number of nitrogens with zero attached hydrogens (tertiary/aromatic N) is 2. The van der Waals surface area contributed by atoms with Gasteiger partial charge in [-0.25, -0.2) is 4.98 Å². The van der Waals surface area contributed by atoms with Gasteiger partial charge in [0.15, 0.2) is 0 Å². The number of aryl methyl sites for hydroxylation is 3. The Kier molecular flexibility index (Phi) is 2.90. The van der Waals surface area contributed by atoms with Crippen LogP contribution in [0.3, 0.4) is 0 Å². The molecule has 0 bridgehead atoms. The van der Waals surface area contributed by atoms with E-state index >= 15 is 0 Å². The molecule has 1 aliphatic carbocycles. The Morgan fingerprint density at radius 2 is 2.00 bits per heavy atom. The van der Waals surface area contributed by atoms with Crippen LogP contribution in [0.2, 0.25) is 0 Å². The van der Waals surface area contributed by atoms with Gasteiger partial charge in [0.2, 0.25) is 0 Å². The molecule has 0 unspecified atom stereocenters. The van der Waals surface area contributed by atoms with Gasteiger partial charge in [-0.05, 0) is 45.6 Å². The molecule has 20 heavy (non-hydrogen) atoms. The summed E-state index contributed by atoms with van der Waals surface area (Å²) >= 11 is 0. The lowest BCUT2D eigenvalue weighted by Gasteiger charge is -2.32. The summed E-state index contributed by atoms with van der Waals surface area (Å²) in [5.74, 6) is 0.846. The van der Waals surface area contributed by atoms with Crippen LogP contribution >= 0.6 is 0 Å². The second-order valence-electron chi connectivity index (χ2n) is 5.92. The first kappa shape index (κ1) is 12.9. The van der Waals surface area contributed by atoms with Crippen molar-refractivity contribution in [2.75, 3.05) is 0 Å². The van der Waals surface area contributed by atoms with Gasteiger partial charge in [-0.3, -0.25) is 0 Å². The minimum Gasteiger partial charge on any atom is -0.344 e. The third-order valence-electron chi connectivity index (χ3n) is 4.40. The van der Waals surface area contributed by atoms with E-state index in [2.05, 4.69) is 43.1 Å². The fourth-order valence-corrected chi connectivity index (χ4v) is 2.96. The zero-order valence-corrected chi connectivity index (χ0v) is 12.2. The minimum atomic E-state index is -0.373. The number of imidazole rings is 1. The molecule has 3 heteroatoms. The van der Waals surface area contributed by atoms with Gasteiger partial charge < -0.3 is 4.98 Å². The minimum absolute atomic E-state index is 0.373. The third-order valence-corrected chi connectivity index (χ3v) is 4.40. The van der Waals surface area contributed by atoms with Gasteiger partial charge in [0.1, 0.15) is 11.2 Å². The Hall–Kier alpha value is -2.08. The average Bonchev–Trinajstić information content (AvgIpc) is 2.71. The number of aromatic amines is 1. The second kappa shape index (κ2) is 4.49. The predicted molar refractivity (Wildman–Crippen MR) is 79.4 cm³/mol. The highest BCUT2D eigenvalue weighted by Crippen LogP contribution is 2.42. The highest BCUT2D eigenvalue weighted by Gasteiger charge is 2.42. The number of nitriles is 1. The summed E-state index contributed by atoms with van der Waals surface area (Å²) in [7, 11) is 0. The van der Waals surface area contributed by atoms with Crippen LogP contribution in [0.5, 0.6) is 0 Å². The van der Waals surface area contributed by atoms with E-state index in [1.165, 1.54) is 11.1 Å². The molecule has 2 aromatic rings. The number of aromatic nitrogens is 2. The van der Waals surface area contributed by atoms with Crippen LogP contribution in [-0.4, -0.2) is 9.97 Å². The monoisotopic (exact) mass is 265 g/mol. The number of hydrogen-bond donors (Lipinski definition) is 1. The highest BCUT2D eigenvalue weighted by atomic mass is 15.0. The van der Waals surface area contributed by atoms with Crippen molar-refractivity contribution < 1.29 is 0 Å². The van der Waals surface area contributed by atoms with Crippen LogP contribution in [-0.2, 0) is 5.41 Å². The van der Waals surface area contributed by atoms with Gasteiger partial charge in [0.25, 0.3) is 0 Å². The summed E-state index contributed by atoms with van der Waals surface area (Å²) in [6.45, 7) is 6.24. The predicted octanol–water partition coefficient (Wildman–Crippen LogP) is 3.95. The van der Waals surface area contributed by atoms with Crippen molar-refractivity contribution in [3.8, 4) is 17.3 Å². The molecular weight excluding hydrogens is 246 g/mol. The summed E-state index contributed by atoms with van der Waals surface area (Å²) in [6, 6.07) is 8.86. The van der Waals surface area contributed by atoms with Crippen LogP contribution in [0.4, 0.5) is 0 Å². The van der Waals surface area contributed by atoms with Gasteiger partial charge >= 0.3 is 0 Å². The van der Waals surface area contributed by atoms with E-state index in [4.69, 9.17) is 4.98 Å². The van der Waals surface area contributed by atoms with Crippen molar-refractivity contribution in [1.82, 2.24) is 9.97 Å². The molecule has 0 amide bonds. The number of benzene rings is 1. The lowest BCUT2D eigenvalue weighted by atomic mass is 9.69.